The molecule has 0 aliphatic carbocycles. The number of carboxylic acids is 1. The summed E-state index contributed by atoms with van der Waals surface area (Å²) < 4.78 is 10.4. The molecule has 0 saturated carbocycles. The molecule has 0 aliphatic heterocycles. The van der Waals surface area contributed by atoms with Gasteiger partial charge in [-0.2, -0.15) is 0 Å². The van der Waals surface area contributed by atoms with Crippen LogP contribution in [-0.4, -0.2) is 25.3 Å². The number of hydrogen-bond donors (Lipinski definition) is 1. The molecule has 0 aromatic heterocycles. The van der Waals surface area contributed by atoms with Crippen molar-refractivity contribution in [3.63, 3.8) is 0 Å². The van der Waals surface area contributed by atoms with E-state index in [0.29, 0.717) is 17.1 Å². The Balaban J connectivity index is 2.68. The minimum atomic E-state index is -0.998. The van der Waals surface area contributed by atoms with Crippen LogP contribution in [0.5, 0.6) is 11.5 Å². The summed E-state index contributed by atoms with van der Waals surface area (Å²) in [4.78, 5) is 11.5. The largest absolute Gasteiger partial charge is 0.497 e. The SMILES string of the molecule is COc1ccc(-c2cc(C)ccc2OC)c(C(=O)O)c1. The number of benzene rings is 2. The lowest BCUT2D eigenvalue weighted by Crippen LogP contribution is -2.01. The lowest BCUT2D eigenvalue weighted by atomic mass is 9.97. The normalized spacial score (nSPS) is 10.2. The number of aromatic carboxylic acids is 1. The quantitative estimate of drug-likeness (QED) is 0.927. The Morgan fingerprint density at radius 3 is 2.35 bits per heavy atom. The number of rotatable bonds is 4. The van der Waals surface area contributed by atoms with Gasteiger partial charge in [0.15, 0.2) is 0 Å². The van der Waals surface area contributed by atoms with Gasteiger partial charge in [0.2, 0.25) is 0 Å². The van der Waals surface area contributed by atoms with Gasteiger partial charge in [-0.3, -0.25) is 0 Å². The van der Waals surface area contributed by atoms with Gasteiger partial charge in [-0.1, -0.05) is 11.6 Å². The van der Waals surface area contributed by atoms with E-state index in [0.717, 1.165) is 11.1 Å². The molecule has 4 nitrogen and oxygen atoms in total. The zero-order valence-electron chi connectivity index (χ0n) is 11.6. The third-order valence-electron chi connectivity index (χ3n) is 3.10. The molecule has 0 atom stereocenters. The lowest BCUT2D eigenvalue weighted by molar-refractivity contribution is 0.0697. The van der Waals surface area contributed by atoms with Gasteiger partial charge in [-0.05, 0) is 37.3 Å². The van der Waals surface area contributed by atoms with E-state index in [1.807, 2.05) is 25.1 Å². The number of methoxy groups -OCH3 is 2. The van der Waals surface area contributed by atoms with Crippen LogP contribution in [0.3, 0.4) is 0 Å². The Labute approximate surface area is 117 Å². The van der Waals surface area contributed by atoms with Crippen molar-refractivity contribution in [1.29, 1.82) is 0 Å². The highest BCUT2D eigenvalue weighted by Crippen LogP contribution is 2.34. The van der Waals surface area contributed by atoms with Gasteiger partial charge in [0, 0.05) is 11.1 Å². The van der Waals surface area contributed by atoms with Crippen molar-refractivity contribution in [3.8, 4) is 22.6 Å². The maximum absolute atomic E-state index is 11.5. The summed E-state index contributed by atoms with van der Waals surface area (Å²) >= 11 is 0. The van der Waals surface area contributed by atoms with E-state index < -0.39 is 5.97 Å². The molecule has 0 bridgehead atoms. The first-order valence-electron chi connectivity index (χ1n) is 6.13. The molecule has 2 aromatic rings. The van der Waals surface area contributed by atoms with Crippen molar-refractivity contribution in [1.82, 2.24) is 0 Å². The van der Waals surface area contributed by atoms with E-state index in [1.54, 1.807) is 19.2 Å². The fourth-order valence-electron chi connectivity index (χ4n) is 2.09. The first kappa shape index (κ1) is 13.9. The molecule has 0 spiro atoms. The van der Waals surface area contributed by atoms with Crippen LogP contribution >= 0.6 is 0 Å². The molecule has 0 unspecified atom stereocenters. The Kier molecular flexibility index (Phi) is 3.94. The standard InChI is InChI=1S/C16H16O4/c1-10-4-7-15(20-3)13(8-10)12-6-5-11(19-2)9-14(12)16(17)18/h4-9H,1-3H3,(H,17,18). The molecule has 0 aliphatic rings. The van der Waals surface area contributed by atoms with Crippen molar-refractivity contribution in [2.75, 3.05) is 14.2 Å². The molecular formula is C16H16O4. The maximum atomic E-state index is 11.5. The van der Waals surface area contributed by atoms with E-state index >= 15 is 0 Å². The maximum Gasteiger partial charge on any atom is 0.336 e. The van der Waals surface area contributed by atoms with Crippen LogP contribution < -0.4 is 9.47 Å². The molecule has 0 heterocycles. The lowest BCUT2D eigenvalue weighted by Gasteiger charge is -2.13. The van der Waals surface area contributed by atoms with Gasteiger partial charge in [0.25, 0.3) is 0 Å². The Hall–Kier alpha value is -2.49. The molecule has 2 aromatic carbocycles. The minimum absolute atomic E-state index is 0.188. The van der Waals surface area contributed by atoms with Gasteiger partial charge < -0.3 is 14.6 Å². The van der Waals surface area contributed by atoms with Crippen LogP contribution in [0.4, 0.5) is 0 Å². The predicted octanol–water partition coefficient (Wildman–Crippen LogP) is 3.38. The Morgan fingerprint density at radius 1 is 1.00 bits per heavy atom. The van der Waals surface area contributed by atoms with Crippen LogP contribution in [0, 0.1) is 6.92 Å². The summed E-state index contributed by atoms with van der Waals surface area (Å²) in [7, 11) is 3.08. The summed E-state index contributed by atoms with van der Waals surface area (Å²) in [5.41, 5.74) is 2.59. The smallest absolute Gasteiger partial charge is 0.336 e. The highest BCUT2D eigenvalue weighted by Gasteiger charge is 2.16. The number of carbonyl (C=O) groups is 1. The summed E-state index contributed by atoms with van der Waals surface area (Å²) in [6.07, 6.45) is 0. The molecule has 104 valence electrons. The number of hydrogen-bond acceptors (Lipinski definition) is 3. The van der Waals surface area contributed by atoms with Gasteiger partial charge in [-0.25, -0.2) is 4.79 Å². The van der Waals surface area contributed by atoms with Crippen molar-refractivity contribution < 1.29 is 19.4 Å². The molecule has 4 heteroatoms. The first-order valence-corrected chi connectivity index (χ1v) is 6.13. The summed E-state index contributed by atoms with van der Waals surface area (Å²) in [6.45, 7) is 1.95. The Morgan fingerprint density at radius 2 is 1.75 bits per heavy atom. The van der Waals surface area contributed by atoms with Crippen molar-refractivity contribution in [3.05, 3.63) is 47.5 Å². The second-order valence-electron chi connectivity index (χ2n) is 4.42. The summed E-state index contributed by atoms with van der Waals surface area (Å²) in [5, 5.41) is 9.38. The Bertz CT molecular complexity index is 647. The van der Waals surface area contributed by atoms with Crippen LogP contribution in [0.1, 0.15) is 15.9 Å². The number of aryl methyl sites for hydroxylation is 1. The van der Waals surface area contributed by atoms with E-state index in [2.05, 4.69) is 0 Å². The molecule has 2 rings (SSSR count). The zero-order valence-corrected chi connectivity index (χ0v) is 11.6. The van der Waals surface area contributed by atoms with Gasteiger partial charge >= 0.3 is 5.97 Å². The van der Waals surface area contributed by atoms with Crippen molar-refractivity contribution in [2.45, 2.75) is 6.92 Å². The molecule has 0 fully saturated rings. The van der Waals surface area contributed by atoms with E-state index in [-0.39, 0.29) is 5.56 Å². The molecule has 0 saturated heterocycles. The average Bonchev–Trinajstić information content (AvgIpc) is 2.46. The molecule has 1 N–H and O–H groups in total. The second kappa shape index (κ2) is 5.65. The summed E-state index contributed by atoms with van der Waals surface area (Å²) in [5.74, 6) is 0.156. The van der Waals surface area contributed by atoms with E-state index in [9.17, 15) is 9.90 Å². The third-order valence-corrected chi connectivity index (χ3v) is 3.10. The van der Waals surface area contributed by atoms with Crippen LogP contribution in [0.15, 0.2) is 36.4 Å². The highest BCUT2D eigenvalue weighted by molar-refractivity contribution is 5.97. The van der Waals surface area contributed by atoms with Gasteiger partial charge in [-0.15, -0.1) is 0 Å². The second-order valence-corrected chi connectivity index (χ2v) is 4.42. The molecular weight excluding hydrogens is 256 g/mol. The topological polar surface area (TPSA) is 55.8 Å². The van der Waals surface area contributed by atoms with Crippen molar-refractivity contribution in [2.24, 2.45) is 0 Å². The van der Waals surface area contributed by atoms with E-state index in [1.165, 1.54) is 13.2 Å². The third kappa shape index (κ3) is 2.59. The minimum Gasteiger partial charge on any atom is -0.497 e. The fourth-order valence-corrected chi connectivity index (χ4v) is 2.09. The van der Waals surface area contributed by atoms with Crippen LogP contribution in [0.2, 0.25) is 0 Å². The molecule has 0 amide bonds. The first-order chi connectivity index (χ1) is 9.56. The summed E-state index contributed by atoms with van der Waals surface area (Å²) in [6, 6.07) is 10.7. The van der Waals surface area contributed by atoms with Gasteiger partial charge in [0.1, 0.15) is 11.5 Å². The monoisotopic (exact) mass is 272 g/mol. The van der Waals surface area contributed by atoms with Crippen LogP contribution in [0.25, 0.3) is 11.1 Å². The molecule has 0 radical (unpaired) electrons. The number of carboxylic acid groups (broad SMARTS) is 1. The fraction of sp³-hybridized carbons (Fsp3) is 0.188. The number of ether oxygens (including phenoxy) is 2. The van der Waals surface area contributed by atoms with E-state index in [4.69, 9.17) is 9.47 Å². The van der Waals surface area contributed by atoms with Crippen LogP contribution in [-0.2, 0) is 0 Å². The average molecular weight is 272 g/mol. The predicted molar refractivity (Wildman–Crippen MR) is 76.7 cm³/mol. The van der Waals surface area contributed by atoms with Crippen molar-refractivity contribution >= 4 is 5.97 Å². The van der Waals surface area contributed by atoms with Gasteiger partial charge in [0.05, 0.1) is 19.8 Å². The zero-order chi connectivity index (χ0) is 14.7. The molecule has 20 heavy (non-hydrogen) atoms. The highest BCUT2D eigenvalue weighted by atomic mass is 16.5.